The first kappa shape index (κ1) is 53.9. The minimum Gasteiger partial charge on any atom is -0.497 e. The number of ether oxygens (including phenoxy) is 10. The molecule has 1 aromatic heterocycles. The molecule has 4 aromatic rings. The van der Waals surface area contributed by atoms with Crippen LogP contribution < -0.4 is 26.0 Å². The molecule has 3 aromatic carbocycles. The van der Waals surface area contributed by atoms with E-state index in [1.165, 1.54) is 24.6 Å². The van der Waals surface area contributed by atoms with E-state index in [-0.39, 0.29) is 51.6 Å². The molecule has 384 valence electrons. The van der Waals surface area contributed by atoms with E-state index in [2.05, 4.69) is 10.3 Å². The van der Waals surface area contributed by atoms with Crippen LogP contribution in [0, 0.1) is 6.92 Å². The van der Waals surface area contributed by atoms with Crippen LogP contribution in [0.1, 0.15) is 56.2 Å². The Labute approximate surface area is 410 Å². The second-order valence-electron chi connectivity index (χ2n) is 17.1. The van der Waals surface area contributed by atoms with Gasteiger partial charge in [-0.2, -0.15) is 0 Å². The number of morpholine rings is 1. The summed E-state index contributed by atoms with van der Waals surface area (Å²) < 4.78 is 60.6. The first-order chi connectivity index (χ1) is 34.0. The molecular formula is C50H62N4O17. The van der Waals surface area contributed by atoms with Crippen LogP contribution in [0.2, 0.25) is 0 Å². The first-order valence-electron chi connectivity index (χ1n) is 22.9. The first-order valence-corrected chi connectivity index (χ1v) is 22.9. The molecule has 0 spiro atoms. The Morgan fingerprint density at radius 1 is 0.817 bits per heavy atom. The molecule has 71 heavy (non-hydrogen) atoms. The molecule has 0 bridgehead atoms. The standard InChI is InChI=1S/C50H62N4O17/c1-31-25-54(48(61)52-46(31)60)42-26-53(21-22-64-23-24-65-47-43(51-32(2)56)45(69-35(5)59)44(68-34(4)58)41(70-47)27-66-33(3)57)28-49(29-55,71-42)30-67-50(36-11-9-8-10-12-36,37-13-17-39(62-6)18-14-37)38-15-19-40(63-7)20-16-38/h8-20,25,41-45,47,55H,21-24,26-30H2,1-7H3,(H,51,56)(H,52,60,61)/t41-,42-,43-,44+,45-,47-,49-/m1/s1. The average molecular weight is 991 g/mol. The summed E-state index contributed by atoms with van der Waals surface area (Å²) in [7, 11) is 3.16. The van der Waals surface area contributed by atoms with E-state index in [1.807, 2.05) is 83.8 Å². The number of nitrogens with zero attached hydrogens (tertiary/aromatic N) is 2. The summed E-state index contributed by atoms with van der Waals surface area (Å²) in [4.78, 5) is 78.8. The molecule has 0 saturated carbocycles. The molecule has 2 fully saturated rings. The molecule has 2 aliphatic heterocycles. The van der Waals surface area contributed by atoms with Crippen LogP contribution >= 0.6 is 0 Å². The lowest BCUT2D eigenvalue weighted by molar-refractivity contribution is -0.279. The summed E-state index contributed by atoms with van der Waals surface area (Å²) in [6.45, 7) is 5.57. The van der Waals surface area contributed by atoms with Gasteiger partial charge in [0.2, 0.25) is 5.91 Å². The number of esters is 3. The summed E-state index contributed by atoms with van der Waals surface area (Å²) in [5.74, 6) is -1.40. The summed E-state index contributed by atoms with van der Waals surface area (Å²) in [5, 5.41) is 14.1. The molecule has 1 amide bonds. The van der Waals surface area contributed by atoms with Crippen LogP contribution in [0.4, 0.5) is 0 Å². The molecular weight excluding hydrogens is 929 g/mol. The summed E-state index contributed by atoms with van der Waals surface area (Å²) in [6, 6.07) is 23.4. The number of carbonyl (C=O) groups excluding carboxylic acids is 4. The van der Waals surface area contributed by atoms with Gasteiger partial charge in [-0.1, -0.05) is 54.6 Å². The maximum Gasteiger partial charge on any atom is 0.330 e. The largest absolute Gasteiger partial charge is 0.497 e. The van der Waals surface area contributed by atoms with Crippen LogP contribution in [-0.4, -0.2) is 153 Å². The van der Waals surface area contributed by atoms with E-state index in [9.17, 15) is 33.9 Å². The van der Waals surface area contributed by atoms with Crippen molar-refractivity contribution < 1.29 is 71.7 Å². The van der Waals surface area contributed by atoms with Crippen molar-refractivity contribution in [2.45, 2.75) is 82.7 Å². The van der Waals surface area contributed by atoms with Gasteiger partial charge in [0.05, 0.1) is 47.3 Å². The van der Waals surface area contributed by atoms with Gasteiger partial charge in [0.1, 0.15) is 41.5 Å². The highest BCUT2D eigenvalue weighted by Crippen LogP contribution is 2.43. The summed E-state index contributed by atoms with van der Waals surface area (Å²) >= 11 is 0. The number of hydrogen-bond acceptors (Lipinski definition) is 18. The number of nitrogens with one attached hydrogen (secondary N) is 2. The smallest absolute Gasteiger partial charge is 0.330 e. The fourth-order valence-electron chi connectivity index (χ4n) is 8.65. The number of aromatic amines is 1. The highest BCUT2D eigenvalue weighted by atomic mass is 16.7. The van der Waals surface area contributed by atoms with Crippen molar-refractivity contribution in [2.24, 2.45) is 0 Å². The Morgan fingerprint density at radius 2 is 1.42 bits per heavy atom. The number of methoxy groups -OCH3 is 2. The molecule has 21 heteroatoms. The van der Waals surface area contributed by atoms with Crippen molar-refractivity contribution in [1.29, 1.82) is 0 Å². The highest BCUT2D eigenvalue weighted by molar-refractivity contribution is 5.73. The maximum atomic E-state index is 13.4. The second kappa shape index (κ2) is 24.6. The van der Waals surface area contributed by atoms with Gasteiger partial charge in [-0.15, -0.1) is 0 Å². The van der Waals surface area contributed by atoms with Crippen molar-refractivity contribution in [3.05, 3.63) is 128 Å². The Kier molecular flexibility index (Phi) is 18.7. The topological polar surface area (TPSA) is 251 Å². The van der Waals surface area contributed by atoms with E-state index in [0.29, 0.717) is 11.5 Å². The van der Waals surface area contributed by atoms with E-state index >= 15 is 0 Å². The number of hydrogen-bond donors (Lipinski definition) is 3. The molecule has 0 aliphatic carbocycles. The molecule has 3 N–H and O–H groups in total. The van der Waals surface area contributed by atoms with Gasteiger partial charge < -0.3 is 57.8 Å². The number of benzene rings is 3. The SMILES string of the molecule is COc1ccc(C(OC[C@]2(CO)CN(CCOCCO[C@@H]3O[C@H](COC(C)=O)[C@H](OC(C)=O)[C@H](OC(C)=O)[C@H]3NC(C)=O)C[C@H](n3cc(C)c(=O)[nH]c3=O)O2)(c2ccccc2)c2ccc(OC)cc2)cc1. The van der Waals surface area contributed by atoms with Gasteiger partial charge in [-0.25, -0.2) is 4.79 Å². The predicted molar refractivity (Wildman–Crippen MR) is 251 cm³/mol. The molecule has 6 rings (SSSR count). The van der Waals surface area contributed by atoms with Crippen molar-refractivity contribution in [2.75, 3.05) is 73.5 Å². The van der Waals surface area contributed by atoms with E-state index in [4.69, 9.17) is 47.4 Å². The lowest BCUT2D eigenvalue weighted by Crippen LogP contribution is -2.66. The number of aryl methyl sites for hydroxylation is 1. The zero-order chi connectivity index (χ0) is 51.3. The van der Waals surface area contributed by atoms with Crippen LogP contribution in [0.5, 0.6) is 11.5 Å². The van der Waals surface area contributed by atoms with Gasteiger partial charge in [-0.05, 0) is 47.9 Å². The van der Waals surface area contributed by atoms with Gasteiger partial charge in [0, 0.05) is 59.1 Å². The number of amides is 1. The maximum absolute atomic E-state index is 13.4. The van der Waals surface area contributed by atoms with Crippen molar-refractivity contribution in [3.8, 4) is 11.5 Å². The van der Waals surface area contributed by atoms with Gasteiger partial charge >= 0.3 is 23.6 Å². The van der Waals surface area contributed by atoms with Gasteiger partial charge in [-0.3, -0.25) is 38.4 Å². The van der Waals surface area contributed by atoms with Crippen LogP contribution in [0.25, 0.3) is 0 Å². The number of aliphatic hydroxyl groups excluding tert-OH is 1. The quantitative estimate of drug-likeness (QED) is 0.0441. The predicted octanol–water partition coefficient (Wildman–Crippen LogP) is 2.12. The molecule has 0 radical (unpaired) electrons. The third-order valence-electron chi connectivity index (χ3n) is 11.9. The number of carbonyl (C=O) groups is 4. The summed E-state index contributed by atoms with van der Waals surface area (Å²) in [5.41, 5.74) is -1.52. The van der Waals surface area contributed by atoms with Crippen LogP contribution in [0.3, 0.4) is 0 Å². The highest BCUT2D eigenvalue weighted by Gasteiger charge is 2.52. The average Bonchev–Trinajstić information content (AvgIpc) is 3.35. The van der Waals surface area contributed by atoms with Crippen molar-refractivity contribution >= 4 is 23.8 Å². The Balaban J connectivity index is 1.24. The Morgan fingerprint density at radius 3 is 1.99 bits per heavy atom. The fourth-order valence-corrected chi connectivity index (χ4v) is 8.65. The molecule has 2 saturated heterocycles. The molecule has 0 unspecified atom stereocenters. The van der Waals surface area contributed by atoms with E-state index in [0.717, 1.165) is 30.5 Å². The van der Waals surface area contributed by atoms with Crippen LogP contribution in [-0.2, 0) is 62.7 Å². The third-order valence-corrected chi connectivity index (χ3v) is 11.9. The van der Waals surface area contributed by atoms with E-state index in [1.54, 1.807) is 21.1 Å². The van der Waals surface area contributed by atoms with E-state index < -0.39 is 96.4 Å². The number of rotatable bonds is 22. The number of aliphatic hydroxyl groups is 1. The minimum absolute atomic E-state index is 0.0171. The molecule has 7 atom stereocenters. The number of H-pyrrole nitrogens is 1. The molecule has 2 aliphatic rings. The monoisotopic (exact) mass is 990 g/mol. The Hall–Kier alpha value is -6.46. The van der Waals surface area contributed by atoms with Crippen molar-refractivity contribution in [3.63, 3.8) is 0 Å². The normalized spacial score (nSPS) is 22.5. The van der Waals surface area contributed by atoms with Gasteiger partial charge in [0.15, 0.2) is 24.7 Å². The summed E-state index contributed by atoms with van der Waals surface area (Å²) in [6.07, 6.45) is -4.63. The van der Waals surface area contributed by atoms with Crippen LogP contribution in [0.15, 0.2) is 94.6 Å². The Bertz CT molecular complexity index is 2490. The third kappa shape index (κ3) is 13.5. The zero-order valence-electron chi connectivity index (χ0n) is 40.8. The van der Waals surface area contributed by atoms with Gasteiger partial charge in [0.25, 0.3) is 5.56 Å². The van der Waals surface area contributed by atoms with Crippen molar-refractivity contribution in [1.82, 2.24) is 19.8 Å². The number of aromatic nitrogens is 2. The minimum atomic E-state index is -1.48. The molecule has 3 heterocycles. The second-order valence-corrected chi connectivity index (χ2v) is 17.1. The zero-order valence-corrected chi connectivity index (χ0v) is 40.8. The fraction of sp³-hybridized carbons (Fsp3) is 0.480. The molecule has 21 nitrogen and oxygen atoms in total. The lowest BCUT2D eigenvalue weighted by atomic mass is 9.79. The lowest BCUT2D eigenvalue weighted by Gasteiger charge is -2.47.